The second kappa shape index (κ2) is 7.02. The largest absolute Gasteiger partial charge is 0.392 e. The molecule has 0 atom stereocenters. The van der Waals surface area contributed by atoms with Crippen LogP contribution >= 0.6 is 0 Å². The Labute approximate surface area is 98.1 Å². The van der Waals surface area contributed by atoms with Crippen molar-refractivity contribution in [2.24, 2.45) is 0 Å². The van der Waals surface area contributed by atoms with Crippen molar-refractivity contribution < 1.29 is 5.11 Å². The van der Waals surface area contributed by atoms with Gasteiger partial charge in [0.25, 0.3) is 0 Å². The molecule has 1 N–H and O–H groups in total. The molecule has 16 heavy (non-hydrogen) atoms. The second-order valence-electron chi connectivity index (χ2n) is 4.03. The Morgan fingerprint density at radius 3 is 2.50 bits per heavy atom. The first-order chi connectivity index (χ1) is 7.76. The lowest BCUT2D eigenvalue weighted by Crippen LogP contribution is -1.87. The zero-order valence-corrected chi connectivity index (χ0v) is 10.1. The lowest BCUT2D eigenvalue weighted by Gasteiger charge is -2.03. The molecule has 1 nitrogen and oxygen atoms in total. The van der Waals surface area contributed by atoms with Crippen molar-refractivity contribution in [3.05, 3.63) is 53.1 Å². The van der Waals surface area contributed by atoms with Crippen LogP contribution < -0.4 is 0 Å². The van der Waals surface area contributed by atoms with Gasteiger partial charge in [-0.15, -0.1) is 0 Å². The summed E-state index contributed by atoms with van der Waals surface area (Å²) in [6.45, 7) is 4.26. The monoisotopic (exact) mass is 216 g/mol. The first kappa shape index (κ1) is 12.7. The zero-order chi connectivity index (χ0) is 11.8. The van der Waals surface area contributed by atoms with Crippen molar-refractivity contribution >= 4 is 6.08 Å². The number of hydrogen-bond acceptors (Lipinski definition) is 1. The molecule has 1 heteroatoms. The SMILES string of the molecule is CCCC(/C=C(\C)CO)=C\c1ccccc1. The Hall–Kier alpha value is -1.34. The highest BCUT2D eigenvalue weighted by atomic mass is 16.3. The van der Waals surface area contributed by atoms with E-state index in [4.69, 9.17) is 5.11 Å². The fourth-order valence-corrected chi connectivity index (χ4v) is 1.60. The van der Waals surface area contributed by atoms with E-state index < -0.39 is 0 Å². The molecule has 0 aliphatic rings. The van der Waals surface area contributed by atoms with E-state index in [1.54, 1.807) is 0 Å². The first-order valence-electron chi connectivity index (χ1n) is 5.80. The molecule has 0 unspecified atom stereocenters. The average molecular weight is 216 g/mol. The predicted molar refractivity (Wildman–Crippen MR) is 70.2 cm³/mol. The van der Waals surface area contributed by atoms with Crippen molar-refractivity contribution in [2.75, 3.05) is 6.61 Å². The molecule has 1 rings (SSSR count). The highest BCUT2D eigenvalue weighted by molar-refractivity contribution is 5.56. The number of allylic oxidation sites excluding steroid dienone is 2. The van der Waals surface area contributed by atoms with Crippen LogP contribution in [0, 0.1) is 0 Å². The Morgan fingerprint density at radius 2 is 1.94 bits per heavy atom. The number of aliphatic hydroxyl groups excluding tert-OH is 1. The van der Waals surface area contributed by atoms with Gasteiger partial charge in [-0.05, 0) is 30.1 Å². The summed E-state index contributed by atoms with van der Waals surface area (Å²) in [5.74, 6) is 0. The van der Waals surface area contributed by atoms with E-state index in [0.717, 1.165) is 18.4 Å². The molecule has 0 saturated heterocycles. The Bertz CT molecular complexity index is 360. The summed E-state index contributed by atoms with van der Waals surface area (Å²) in [6.07, 6.45) is 6.43. The van der Waals surface area contributed by atoms with Crippen molar-refractivity contribution in [3.63, 3.8) is 0 Å². The van der Waals surface area contributed by atoms with E-state index in [9.17, 15) is 0 Å². The van der Waals surface area contributed by atoms with Gasteiger partial charge in [0.1, 0.15) is 0 Å². The maximum absolute atomic E-state index is 9.02. The van der Waals surface area contributed by atoms with E-state index in [0.29, 0.717) is 0 Å². The van der Waals surface area contributed by atoms with E-state index in [1.165, 1.54) is 11.1 Å². The standard InChI is InChI=1S/C15H20O/c1-3-7-15(10-13(2)12-16)11-14-8-5-4-6-9-14/h4-6,8-11,16H,3,7,12H2,1-2H3/b13-10+,15-11+. The van der Waals surface area contributed by atoms with Crippen LogP contribution in [-0.2, 0) is 0 Å². The molecule has 1 aromatic rings. The molecule has 0 aliphatic carbocycles. The maximum atomic E-state index is 9.02. The van der Waals surface area contributed by atoms with Gasteiger partial charge in [-0.2, -0.15) is 0 Å². The number of hydrogen-bond donors (Lipinski definition) is 1. The quantitative estimate of drug-likeness (QED) is 0.742. The van der Waals surface area contributed by atoms with Crippen LogP contribution in [-0.4, -0.2) is 11.7 Å². The topological polar surface area (TPSA) is 20.2 Å². The molecule has 0 bridgehead atoms. The van der Waals surface area contributed by atoms with Crippen LogP contribution in [0.4, 0.5) is 0 Å². The smallest absolute Gasteiger partial charge is 0.0642 e. The van der Waals surface area contributed by atoms with E-state index in [1.807, 2.05) is 25.1 Å². The van der Waals surface area contributed by atoms with Gasteiger partial charge in [0.05, 0.1) is 6.61 Å². The number of aliphatic hydroxyl groups is 1. The van der Waals surface area contributed by atoms with Gasteiger partial charge in [0.15, 0.2) is 0 Å². The predicted octanol–water partition coefficient (Wildman–Crippen LogP) is 3.81. The van der Waals surface area contributed by atoms with Crippen molar-refractivity contribution in [1.29, 1.82) is 0 Å². The van der Waals surface area contributed by atoms with E-state index in [-0.39, 0.29) is 6.61 Å². The summed E-state index contributed by atoms with van der Waals surface area (Å²) in [7, 11) is 0. The first-order valence-corrected chi connectivity index (χ1v) is 5.80. The van der Waals surface area contributed by atoms with Crippen molar-refractivity contribution in [3.8, 4) is 0 Å². The normalized spacial score (nSPS) is 12.9. The Kier molecular flexibility index (Phi) is 5.58. The average Bonchev–Trinajstić information content (AvgIpc) is 2.30. The molecule has 0 radical (unpaired) electrons. The maximum Gasteiger partial charge on any atom is 0.0642 e. The number of rotatable bonds is 5. The van der Waals surface area contributed by atoms with Crippen LogP contribution in [0.25, 0.3) is 6.08 Å². The lowest BCUT2D eigenvalue weighted by atomic mass is 10.0. The molecule has 0 aliphatic heterocycles. The molecule has 0 saturated carbocycles. The molecule has 86 valence electrons. The minimum atomic E-state index is 0.135. The molecule has 0 heterocycles. The minimum absolute atomic E-state index is 0.135. The third-order valence-corrected chi connectivity index (χ3v) is 2.37. The molecule has 0 spiro atoms. The fourth-order valence-electron chi connectivity index (χ4n) is 1.60. The highest BCUT2D eigenvalue weighted by Gasteiger charge is 1.95. The van der Waals surface area contributed by atoms with Gasteiger partial charge >= 0.3 is 0 Å². The van der Waals surface area contributed by atoms with Crippen LogP contribution in [0.1, 0.15) is 32.3 Å². The molecular weight excluding hydrogens is 196 g/mol. The molecule has 0 aromatic heterocycles. The minimum Gasteiger partial charge on any atom is -0.392 e. The van der Waals surface area contributed by atoms with Crippen molar-refractivity contribution in [1.82, 2.24) is 0 Å². The summed E-state index contributed by atoms with van der Waals surface area (Å²) in [5, 5.41) is 9.02. The van der Waals surface area contributed by atoms with Crippen LogP contribution in [0.2, 0.25) is 0 Å². The summed E-state index contributed by atoms with van der Waals surface area (Å²) >= 11 is 0. The van der Waals surface area contributed by atoms with Gasteiger partial charge in [-0.1, -0.05) is 55.8 Å². The summed E-state index contributed by atoms with van der Waals surface area (Å²) in [4.78, 5) is 0. The van der Waals surface area contributed by atoms with Gasteiger partial charge in [-0.25, -0.2) is 0 Å². The van der Waals surface area contributed by atoms with E-state index >= 15 is 0 Å². The van der Waals surface area contributed by atoms with Crippen molar-refractivity contribution in [2.45, 2.75) is 26.7 Å². The second-order valence-corrected chi connectivity index (χ2v) is 4.03. The zero-order valence-electron chi connectivity index (χ0n) is 10.1. The number of benzene rings is 1. The summed E-state index contributed by atoms with van der Waals surface area (Å²) < 4.78 is 0. The van der Waals surface area contributed by atoms with Gasteiger partial charge < -0.3 is 5.11 Å². The fraction of sp³-hybridized carbons (Fsp3) is 0.333. The highest BCUT2D eigenvalue weighted by Crippen LogP contribution is 2.14. The van der Waals surface area contributed by atoms with Gasteiger partial charge in [-0.3, -0.25) is 0 Å². The third-order valence-electron chi connectivity index (χ3n) is 2.37. The van der Waals surface area contributed by atoms with Gasteiger partial charge in [0.2, 0.25) is 0 Å². The molecule has 1 aromatic carbocycles. The molecule has 0 amide bonds. The lowest BCUT2D eigenvalue weighted by molar-refractivity contribution is 0.331. The van der Waals surface area contributed by atoms with Crippen LogP contribution in [0.3, 0.4) is 0 Å². The Morgan fingerprint density at radius 1 is 1.25 bits per heavy atom. The van der Waals surface area contributed by atoms with E-state index in [2.05, 4.69) is 31.2 Å². The van der Waals surface area contributed by atoms with Gasteiger partial charge in [0, 0.05) is 0 Å². The summed E-state index contributed by atoms with van der Waals surface area (Å²) in [5.41, 5.74) is 3.50. The summed E-state index contributed by atoms with van der Waals surface area (Å²) in [6, 6.07) is 10.3. The Balaban J connectivity index is 2.89. The third kappa shape index (κ3) is 4.45. The molecule has 0 fully saturated rings. The van der Waals surface area contributed by atoms with Crippen LogP contribution in [0.5, 0.6) is 0 Å². The molecular formula is C15H20O. The van der Waals surface area contributed by atoms with Crippen LogP contribution in [0.15, 0.2) is 47.6 Å².